The van der Waals surface area contributed by atoms with Gasteiger partial charge < -0.3 is 0 Å². The molecule has 3 N–H and O–H groups in total. The van der Waals surface area contributed by atoms with Crippen molar-refractivity contribution in [2.75, 3.05) is 10.5 Å². The number of amides is 2. The Hall–Kier alpha value is -3.08. The highest BCUT2D eigenvalue weighted by atomic mass is 35.5. The molecule has 166 valence electrons. The molecule has 7 nitrogen and oxygen atoms in total. The van der Waals surface area contributed by atoms with Gasteiger partial charge in [-0.3, -0.25) is 25.2 Å². The van der Waals surface area contributed by atoms with Crippen LogP contribution < -0.4 is 15.6 Å². The molecular formula is C21H17ClFN3O4S2. The van der Waals surface area contributed by atoms with Crippen LogP contribution >= 0.6 is 23.4 Å². The number of benzene rings is 3. The zero-order chi connectivity index (χ0) is 23.1. The van der Waals surface area contributed by atoms with E-state index >= 15 is 0 Å². The second-order valence-corrected chi connectivity index (χ2v) is 9.55. The lowest BCUT2D eigenvalue weighted by Crippen LogP contribution is -2.42. The van der Waals surface area contributed by atoms with Crippen molar-refractivity contribution in [3.8, 4) is 0 Å². The number of anilines is 1. The van der Waals surface area contributed by atoms with Gasteiger partial charge in [0.15, 0.2) is 0 Å². The van der Waals surface area contributed by atoms with Crippen LogP contribution in [-0.2, 0) is 14.8 Å². The van der Waals surface area contributed by atoms with Gasteiger partial charge in [-0.25, -0.2) is 12.8 Å². The Morgan fingerprint density at radius 2 is 1.62 bits per heavy atom. The summed E-state index contributed by atoms with van der Waals surface area (Å²) in [5.74, 6) is -1.58. The van der Waals surface area contributed by atoms with Crippen molar-refractivity contribution in [1.82, 2.24) is 10.9 Å². The molecule has 0 saturated carbocycles. The Balaban J connectivity index is 1.57. The Morgan fingerprint density at radius 3 is 2.31 bits per heavy atom. The molecule has 0 bridgehead atoms. The standard InChI is InChI=1S/C21H17ClFN3O4S2/c22-15-4-10-18(11-5-15)31-13-20(27)24-25-21(28)14-2-1-3-19(12-14)32(29,30)26-17-8-6-16(23)7-9-17/h1-12,26H,13H2,(H,24,27)(H,25,28). The molecule has 0 fully saturated rings. The van der Waals surface area contributed by atoms with Crippen LogP contribution in [0.3, 0.4) is 0 Å². The summed E-state index contributed by atoms with van der Waals surface area (Å²) in [5.41, 5.74) is 4.73. The Labute approximate surface area is 193 Å². The molecule has 0 aromatic heterocycles. The molecule has 0 spiro atoms. The van der Waals surface area contributed by atoms with E-state index in [0.29, 0.717) is 5.02 Å². The zero-order valence-electron chi connectivity index (χ0n) is 16.3. The van der Waals surface area contributed by atoms with Gasteiger partial charge in [0.05, 0.1) is 10.6 Å². The molecular weight excluding hydrogens is 477 g/mol. The first-order valence-electron chi connectivity index (χ1n) is 9.09. The van der Waals surface area contributed by atoms with Crippen molar-refractivity contribution in [2.24, 2.45) is 0 Å². The predicted molar refractivity (Wildman–Crippen MR) is 121 cm³/mol. The number of rotatable bonds is 7. The number of nitrogens with one attached hydrogen (secondary N) is 3. The molecule has 3 aromatic carbocycles. The number of hydrogen-bond donors (Lipinski definition) is 3. The summed E-state index contributed by atoms with van der Waals surface area (Å²) < 4.78 is 40.4. The summed E-state index contributed by atoms with van der Waals surface area (Å²) in [4.78, 5) is 25.0. The Morgan fingerprint density at radius 1 is 0.938 bits per heavy atom. The third-order valence-corrected chi connectivity index (χ3v) is 6.64. The van der Waals surface area contributed by atoms with E-state index < -0.39 is 27.7 Å². The van der Waals surface area contributed by atoms with E-state index in [0.717, 1.165) is 23.1 Å². The van der Waals surface area contributed by atoms with Gasteiger partial charge in [-0.1, -0.05) is 17.7 Å². The minimum atomic E-state index is -4.01. The molecule has 0 atom stereocenters. The number of carbonyl (C=O) groups is 2. The molecule has 0 unspecified atom stereocenters. The number of sulfonamides is 1. The monoisotopic (exact) mass is 493 g/mol. The maximum atomic E-state index is 13.0. The maximum Gasteiger partial charge on any atom is 0.269 e. The average molecular weight is 494 g/mol. The summed E-state index contributed by atoms with van der Waals surface area (Å²) in [6, 6.07) is 17.0. The molecule has 0 saturated heterocycles. The molecule has 0 aliphatic carbocycles. The summed E-state index contributed by atoms with van der Waals surface area (Å²) in [6.45, 7) is 0. The van der Waals surface area contributed by atoms with Crippen LogP contribution in [0, 0.1) is 5.82 Å². The lowest BCUT2D eigenvalue weighted by atomic mass is 10.2. The highest BCUT2D eigenvalue weighted by Crippen LogP contribution is 2.20. The van der Waals surface area contributed by atoms with Gasteiger partial charge in [0.1, 0.15) is 5.82 Å². The molecule has 3 aromatic rings. The van der Waals surface area contributed by atoms with Gasteiger partial charge in [0.2, 0.25) is 5.91 Å². The van der Waals surface area contributed by atoms with E-state index in [2.05, 4.69) is 15.6 Å². The first-order chi connectivity index (χ1) is 15.2. The van der Waals surface area contributed by atoms with Crippen LogP contribution in [0.4, 0.5) is 10.1 Å². The summed E-state index contributed by atoms with van der Waals surface area (Å²) in [6.07, 6.45) is 0. The van der Waals surface area contributed by atoms with Gasteiger partial charge in [-0.2, -0.15) is 0 Å². The lowest BCUT2D eigenvalue weighted by Gasteiger charge is -2.10. The molecule has 0 aliphatic rings. The largest absolute Gasteiger partial charge is 0.280 e. The number of hydrogen-bond acceptors (Lipinski definition) is 5. The minimum Gasteiger partial charge on any atom is -0.280 e. The van der Waals surface area contributed by atoms with Gasteiger partial charge >= 0.3 is 0 Å². The third-order valence-electron chi connectivity index (χ3n) is 4.00. The topological polar surface area (TPSA) is 104 Å². The number of halogens is 2. The number of hydrazine groups is 1. The SMILES string of the molecule is O=C(CSc1ccc(Cl)cc1)NNC(=O)c1cccc(S(=O)(=O)Nc2ccc(F)cc2)c1. The van der Waals surface area contributed by atoms with Gasteiger partial charge in [-0.05, 0) is 66.7 Å². The molecule has 0 radical (unpaired) electrons. The van der Waals surface area contributed by atoms with Crippen LogP contribution in [0.1, 0.15) is 10.4 Å². The Bertz CT molecular complexity index is 1220. The summed E-state index contributed by atoms with van der Waals surface area (Å²) in [5, 5.41) is 0.586. The van der Waals surface area contributed by atoms with Crippen molar-refractivity contribution in [2.45, 2.75) is 9.79 Å². The fourth-order valence-electron chi connectivity index (χ4n) is 2.45. The third kappa shape index (κ3) is 6.71. The molecule has 0 heterocycles. The predicted octanol–water partition coefficient (Wildman–Crippen LogP) is 3.83. The van der Waals surface area contributed by atoms with Crippen LogP contribution in [0.2, 0.25) is 5.02 Å². The second kappa shape index (κ2) is 10.5. The van der Waals surface area contributed by atoms with E-state index in [1.807, 2.05) is 0 Å². The van der Waals surface area contributed by atoms with E-state index in [-0.39, 0.29) is 21.9 Å². The molecule has 11 heteroatoms. The summed E-state index contributed by atoms with van der Waals surface area (Å²) >= 11 is 7.07. The van der Waals surface area contributed by atoms with Crippen LogP contribution in [0.5, 0.6) is 0 Å². The molecule has 3 rings (SSSR count). The van der Waals surface area contributed by atoms with Crippen molar-refractivity contribution in [1.29, 1.82) is 0 Å². The van der Waals surface area contributed by atoms with Crippen LogP contribution in [0.25, 0.3) is 0 Å². The molecule has 0 aliphatic heterocycles. The van der Waals surface area contributed by atoms with E-state index in [1.54, 1.807) is 24.3 Å². The second-order valence-electron chi connectivity index (χ2n) is 6.39. The fraction of sp³-hybridized carbons (Fsp3) is 0.0476. The summed E-state index contributed by atoms with van der Waals surface area (Å²) in [7, 11) is -4.01. The van der Waals surface area contributed by atoms with Crippen molar-refractivity contribution < 1.29 is 22.4 Å². The van der Waals surface area contributed by atoms with Gasteiger partial charge in [0, 0.05) is 21.2 Å². The normalized spacial score (nSPS) is 10.9. The van der Waals surface area contributed by atoms with E-state index in [1.165, 1.54) is 42.1 Å². The smallest absolute Gasteiger partial charge is 0.269 e. The molecule has 32 heavy (non-hydrogen) atoms. The van der Waals surface area contributed by atoms with Crippen molar-refractivity contribution in [3.63, 3.8) is 0 Å². The van der Waals surface area contributed by atoms with Crippen molar-refractivity contribution in [3.05, 3.63) is 89.2 Å². The fourth-order valence-corrected chi connectivity index (χ4v) is 4.38. The Kier molecular flexibility index (Phi) is 7.73. The van der Waals surface area contributed by atoms with E-state index in [4.69, 9.17) is 11.6 Å². The van der Waals surface area contributed by atoms with Gasteiger partial charge in [0.25, 0.3) is 15.9 Å². The maximum absolute atomic E-state index is 13.0. The highest BCUT2D eigenvalue weighted by Gasteiger charge is 2.17. The average Bonchev–Trinajstić information content (AvgIpc) is 2.78. The molecule has 2 amide bonds. The number of thioether (sulfide) groups is 1. The van der Waals surface area contributed by atoms with Crippen LogP contribution in [-0.4, -0.2) is 26.0 Å². The number of carbonyl (C=O) groups excluding carboxylic acids is 2. The minimum absolute atomic E-state index is 0.0256. The zero-order valence-corrected chi connectivity index (χ0v) is 18.7. The highest BCUT2D eigenvalue weighted by molar-refractivity contribution is 8.00. The quantitative estimate of drug-likeness (QED) is 0.343. The van der Waals surface area contributed by atoms with Gasteiger partial charge in [-0.15, -0.1) is 11.8 Å². The van der Waals surface area contributed by atoms with E-state index in [9.17, 15) is 22.4 Å². The lowest BCUT2D eigenvalue weighted by molar-refractivity contribution is -0.119. The van der Waals surface area contributed by atoms with Crippen molar-refractivity contribution >= 4 is 50.9 Å². The first kappa shape index (κ1) is 23.6. The van der Waals surface area contributed by atoms with Crippen LogP contribution in [0.15, 0.2) is 82.6 Å². The first-order valence-corrected chi connectivity index (χ1v) is 11.9.